The van der Waals surface area contributed by atoms with Gasteiger partial charge in [0.2, 0.25) is 36.2 Å². The minimum Gasteiger partial charge on any atom is -0.493 e. The Hall–Kier alpha value is -4.40. The van der Waals surface area contributed by atoms with Gasteiger partial charge in [0.15, 0.2) is 11.5 Å². The number of rotatable bonds is 7. The molecule has 2 aromatic carbocycles. The number of hydrogen-bond acceptors (Lipinski definition) is 10. The van der Waals surface area contributed by atoms with Crippen LogP contribution in [0.2, 0.25) is 0 Å². The summed E-state index contributed by atoms with van der Waals surface area (Å²) in [5.74, 6) is -0.282. The Bertz CT molecular complexity index is 1520. The first-order valence-corrected chi connectivity index (χ1v) is 17.1. The molecule has 50 heavy (non-hydrogen) atoms. The lowest BCUT2D eigenvalue weighted by Gasteiger charge is -2.38. The second-order valence-corrected chi connectivity index (χ2v) is 13.6. The number of likely N-dealkylation sites (N-methyl/N-ethyl adjacent to an activating group) is 1. The van der Waals surface area contributed by atoms with Crippen LogP contribution in [0, 0.1) is 5.92 Å². The highest BCUT2D eigenvalue weighted by Crippen LogP contribution is 2.42. The second kappa shape index (κ2) is 16.5. The highest BCUT2D eigenvalue weighted by Gasteiger charge is 2.38. The summed E-state index contributed by atoms with van der Waals surface area (Å²) in [6, 6.07) is 9.39. The van der Waals surface area contributed by atoms with E-state index >= 15 is 0 Å². The molecule has 2 saturated heterocycles. The normalized spacial score (nSPS) is 27.0. The predicted octanol–water partition coefficient (Wildman–Crippen LogP) is 0.979. The van der Waals surface area contributed by atoms with Gasteiger partial charge in [0.1, 0.15) is 24.2 Å². The van der Waals surface area contributed by atoms with E-state index in [1.807, 2.05) is 55.1 Å². The van der Waals surface area contributed by atoms with Crippen molar-refractivity contribution in [3.8, 4) is 17.2 Å². The van der Waals surface area contributed by atoms with Gasteiger partial charge in [-0.25, -0.2) is 0 Å². The van der Waals surface area contributed by atoms with Gasteiger partial charge in [-0.05, 0) is 48.9 Å². The van der Waals surface area contributed by atoms with Crippen molar-refractivity contribution in [2.75, 3.05) is 40.6 Å². The molecule has 3 heterocycles. The fourth-order valence-corrected chi connectivity index (χ4v) is 6.55. The van der Waals surface area contributed by atoms with Crippen molar-refractivity contribution in [2.45, 2.75) is 83.0 Å². The quantitative estimate of drug-likeness (QED) is 0.328. The van der Waals surface area contributed by atoms with Crippen molar-refractivity contribution < 1.29 is 43.2 Å². The zero-order chi connectivity index (χ0) is 35.9. The van der Waals surface area contributed by atoms with Gasteiger partial charge >= 0.3 is 0 Å². The number of ether oxygens (including phenoxy) is 4. The molecule has 6 atom stereocenters. The summed E-state index contributed by atoms with van der Waals surface area (Å²) < 4.78 is 22.7. The predicted molar refractivity (Wildman–Crippen MR) is 182 cm³/mol. The van der Waals surface area contributed by atoms with Crippen LogP contribution in [0.1, 0.15) is 44.7 Å². The monoisotopic (exact) mass is 695 g/mol. The van der Waals surface area contributed by atoms with Crippen LogP contribution >= 0.6 is 0 Å². The molecule has 0 spiro atoms. The number of aliphatic hydroxyl groups is 1. The lowest BCUT2D eigenvalue weighted by atomic mass is 9.97. The van der Waals surface area contributed by atoms with Gasteiger partial charge in [0.05, 0.1) is 25.8 Å². The summed E-state index contributed by atoms with van der Waals surface area (Å²) in [4.78, 5) is 58.1. The summed E-state index contributed by atoms with van der Waals surface area (Å²) in [6.07, 6.45) is -0.999. The lowest BCUT2D eigenvalue weighted by molar-refractivity contribution is -0.142. The molecule has 272 valence electrons. The average molecular weight is 696 g/mol. The molecule has 2 aromatic rings. The van der Waals surface area contributed by atoms with Crippen LogP contribution < -0.4 is 30.2 Å². The highest BCUT2D eigenvalue weighted by molar-refractivity contribution is 5.94. The minimum atomic E-state index is -1.12. The molecule has 14 nitrogen and oxygen atoms in total. The number of carbonyl (C=O) groups is 4. The lowest BCUT2D eigenvalue weighted by Crippen LogP contribution is -2.60. The maximum Gasteiger partial charge on any atom is 0.245 e. The van der Waals surface area contributed by atoms with Crippen molar-refractivity contribution >= 4 is 23.6 Å². The van der Waals surface area contributed by atoms with E-state index in [0.29, 0.717) is 30.1 Å². The van der Waals surface area contributed by atoms with Gasteiger partial charge in [-0.1, -0.05) is 44.2 Å². The minimum absolute atomic E-state index is 0.0507. The molecule has 2 fully saturated rings. The number of fused-ring (bicyclic) bond motifs is 3. The first-order chi connectivity index (χ1) is 23.9. The molecule has 3 aliphatic heterocycles. The Kier molecular flexibility index (Phi) is 12.2. The molecule has 4 amide bonds. The number of hydrogen-bond donors (Lipinski definition) is 4. The van der Waals surface area contributed by atoms with Gasteiger partial charge in [-0.2, -0.15) is 0 Å². The molecular formula is C36H49N5O9. The van der Waals surface area contributed by atoms with Crippen LogP contribution in [0.5, 0.6) is 17.2 Å². The standard InChI is InChI=1S/C36H49N5O9/c1-21(2)13-27-36(46)40(4)22(3)34(44)39-26(14-23-9-7-6-8-10-23)35(45)38-25-11-12-48-30(32(25)43)18-41(19-31(42)37-27)17-24-15-28(47-5)33-29(16-24)49-20-50-33/h6-10,15-16,21-22,25-27,30,32,43H,11-14,17-20H2,1-5H3,(H,37,42)(H,38,45)(H,39,44)/t22-,25-,26-,27+,30+,32-/m0/s1. The Labute approximate surface area is 292 Å². The summed E-state index contributed by atoms with van der Waals surface area (Å²) in [5, 5.41) is 20.2. The van der Waals surface area contributed by atoms with E-state index in [0.717, 1.165) is 11.1 Å². The van der Waals surface area contributed by atoms with E-state index in [9.17, 15) is 24.3 Å². The Balaban J connectivity index is 1.47. The highest BCUT2D eigenvalue weighted by atomic mass is 16.7. The van der Waals surface area contributed by atoms with Crippen molar-refractivity contribution in [3.63, 3.8) is 0 Å². The molecule has 0 unspecified atom stereocenters. The van der Waals surface area contributed by atoms with Crippen molar-refractivity contribution in [1.29, 1.82) is 0 Å². The number of carbonyl (C=O) groups excluding carboxylic acids is 4. The Morgan fingerprint density at radius 3 is 2.46 bits per heavy atom. The average Bonchev–Trinajstić information content (AvgIpc) is 3.56. The van der Waals surface area contributed by atoms with Crippen LogP contribution in [0.3, 0.4) is 0 Å². The summed E-state index contributed by atoms with van der Waals surface area (Å²) >= 11 is 0. The van der Waals surface area contributed by atoms with E-state index in [1.165, 1.54) is 19.1 Å². The molecule has 4 N–H and O–H groups in total. The second-order valence-electron chi connectivity index (χ2n) is 13.6. The van der Waals surface area contributed by atoms with E-state index < -0.39 is 60.0 Å². The van der Waals surface area contributed by atoms with Crippen molar-refractivity contribution in [1.82, 2.24) is 25.8 Å². The summed E-state index contributed by atoms with van der Waals surface area (Å²) in [5.41, 5.74) is 1.59. The number of benzene rings is 2. The molecule has 0 aromatic heterocycles. The van der Waals surface area contributed by atoms with E-state index in [1.54, 1.807) is 13.0 Å². The van der Waals surface area contributed by atoms with Crippen LogP contribution in [-0.2, 0) is 36.9 Å². The maximum absolute atomic E-state index is 13.9. The van der Waals surface area contributed by atoms with Crippen LogP contribution in [0.4, 0.5) is 0 Å². The molecule has 0 saturated carbocycles. The smallest absolute Gasteiger partial charge is 0.245 e. The summed E-state index contributed by atoms with van der Waals surface area (Å²) in [6.45, 7) is 6.02. The first-order valence-electron chi connectivity index (χ1n) is 17.1. The van der Waals surface area contributed by atoms with E-state index in [4.69, 9.17) is 18.9 Å². The van der Waals surface area contributed by atoms with Crippen LogP contribution in [0.15, 0.2) is 42.5 Å². The number of nitrogens with zero attached hydrogens (tertiary/aromatic N) is 2. The molecule has 0 radical (unpaired) electrons. The molecule has 2 bridgehead atoms. The molecule has 3 aliphatic rings. The number of aliphatic hydroxyl groups excluding tert-OH is 1. The first kappa shape index (κ1) is 36.9. The third-order valence-electron chi connectivity index (χ3n) is 9.38. The Morgan fingerprint density at radius 2 is 1.74 bits per heavy atom. The summed E-state index contributed by atoms with van der Waals surface area (Å²) in [7, 11) is 3.05. The molecule has 0 aliphatic carbocycles. The number of methoxy groups -OCH3 is 1. The maximum atomic E-state index is 13.9. The Morgan fingerprint density at radius 1 is 0.980 bits per heavy atom. The fraction of sp³-hybridized carbons (Fsp3) is 0.556. The third kappa shape index (κ3) is 9.03. The van der Waals surface area contributed by atoms with Gasteiger partial charge in [0, 0.05) is 33.2 Å². The van der Waals surface area contributed by atoms with Gasteiger partial charge in [0.25, 0.3) is 0 Å². The van der Waals surface area contributed by atoms with Gasteiger partial charge in [-0.15, -0.1) is 0 Å². The molecule has 14 heteroatoms. The largest absolute Gasteiger partial charge is 0.493 e. The fourth-order valence-electron chi connectivity index (χ4n) is 6.55. The molecule has 5 rings (SSSR count). The van der Waals surface area contributed by atoms with Crippen molar-refractivity contribution in [3.05, 3.63) is 53.6 Å². The third-order valence-corrected chi connectivity index (χ3v) is 9.38. The van der Waals surface area contributed by atoms with Crippen molar-refractivity contribution in [2.24, 2.45) is 5.92 Å². The van der Waals surface area contributed by atoms with Crippen LogP contribution in [0.25, 0.3) is 0 Å². The van der Waals surface area contributed by atoms with E-state index in [-0.39, 0.29) is 45.4 Å². The SMILES string of the molecule is COc1cc(CN2CC(=O)N[C@H](CC(C)C)C(=O)N(C)[C@@H](C)C(=O)N[C@@H](Cc3ccccc3)C(=O)N[C@H]3CCO[C@H](C2)[C@H]3O)cc2c1OCO2. The topological polar surface area (TPSA) is 168 Å². The van der Waals surface area contributed by atoms with Gasteiger partial charge < -0.3 is 44.9 Å². The van der Waals surface area contributed by atoms with E-state index in [2.05, 4.69) is 16.0 Å². The zero-order valence-electron chi connectivity index (χ0n) is 29.3. The van der Waals surface area contributed by atoms with Crippen LogP contribution in [-0.4, -0.2) is 116 Å². The number of nitrogens with one attached hydrogen (secondary N) is 3. The zero-order valence-corrected chi connectivity index (χ0v) is 29.3. The number of amides is 4. The van der Waals surface area contributed by atoms with Gasteiger partial charge in [-0.3, -0.25) is 24.1 Å². The molecular weight excluding hydrogens is 646 g/mol.